The Hall–Kier alpha value is -5.58. The molecule has 5 saturated heterocycles. The van der Waals surface area contributed by atoms with E-state index in [2.05, 4.69) is 134 Å². The van der Waals surface area contributed by atoms with Gasteiger partial charge in [-0.15, -0.1) is 45.3 Å². The predicted octanol–water partition coefficient (Wildman–Crippen LogP) is 9.47. The van der Waals surface area contributed by atoms with Crippen LogP contribution in [-0.4, -0.2) is 232 Å². The largest absolute Gasteiger partial charge is 1.00 e. The molecule has 0 bridgehead atoms. The number of aromatic nitrogens is 8. The molecule has 13 heterocycles. The van der Waals surface area contributed by atoms with Gasteiger partial charge in [0.05, 0.1) is 79.7 Å². The van der Waals surface area contributed by atoms with Crippen molar-refractivity contribution < 1.29 is 258 Å². The van der Waals surface area contributed by atoms with Crippen molar-refractivity contribution in [1.29, 1.82) is 10.5 Å². The van der Waals surface area contributed by atoms with E-state index in [-0.39, 0.29) is 203 Å². The maximum Gasteiger partial charge on any atom is 1.00 e. The number of carbonyl (C=O) groups excluding carboxylic acids is 5. The molecule has 0 amide bonds. The van der Waals surface area contributed by atoms with E-state index in [0.717, 1.165) is 240 Å². The van der Waals surface area contributed by atoms with Crippen LogP contribution in [0.3, 0.4) is 0 Å². The van der Waals surface area contributed by atoms with Crippen molar-refractivity contribution >= 4 is 222 Å². The van der Waals surface area contributed by atoms with Gasteiger partial charge in [0.1, 0.15) is 25.1 Å². The number of aromatic amines is 3. The third-order valence-corrected chi connectivity index (χ3v) is 24.4. The first kappa shape index (κ1) is 127. The number of H-pyrrole nitrogens is 3. The summed E-state index contributed by atoms with van der Waals surface area (Å²) in [7, 11) is -0.682. The molecule has 6 aromatic carbocycles. The van der Waals surface area contributed by atoms with E-state index in [1.807, 2.05) is 162 Å². The number of anilines is 3. The van der Waals surface area contributed by atoms with E-state index in [1.165, 1.54) is 24.2 Å². The van der Waals surface area contributed by atoms with Gasteiger partial charge in [-0.1, -0.05) is 84.4 Å². The normalized spacial score (nSPS) is 13.7. The van der Waals surface area contributed by atoms with Crippen LogP contribution in [0.1, 0.15) is 130 Å². The van der Waals surface area contributed by atoms with E-state index in [1.54, 1.807) is 64.6 Å². The molecular formula is C92H106B2BrCl2Cs2F3N15NaO15S7. The Balaban J connectivity index is 0. The molecule has 0 unspecified atom stereocenters. The van der Waals surface area contributed by atoms with Crippen molar-refractivity contribution in [3.05, 3.63) is 241 Å². The molecule has 4 radical (unpaired) electrons. The van der Waals surface area contributed by atoms with Crippen molar-refractivity contribution in [3.63, 3.8) is 0 Å². The molecule has 0 saturated carbocycles. The van der Waals surface area contributed by atoms with Crippen LogP contribution in [0.15, 0.2) is 207 Å². The summed E-state index contributed by atoms with van der Waals surface area (Å²) in [4.78, 5) is 86.8. The number of halogens is 6. The number of hydrogen-bond donors (Lipinski definition) is 7. The van der Waals surface area contributed by atoms with Crippen LogP contribution in [0.25, 0.3) is 65.9 Å². The Morgan fingerprint density at radius 1 is 0.607 bits per heavy atom. The van der Waals surface area contributed by atoms with Crippen LogP contribution >= 0.6 is 96.4 Å². The molecule has 5 fully saturated rings. The number of aldehydes is 4. The summed E-state index contributed by atoms with van der Waals surface area (Å²) in [6.07, 6.45) is 29.8. The maximum absolute atomic E-state index is 11.4. The number of aliphatic hydroxyl groups excluding tert-OH is 2. The zero-order chi connectivity index (χ0) is 102. The second kappa shape index (κ2) is 76.0. The van der Waals surface area contributed by atoms with Crippen molar-refractivity contribution in [2.75, 3.05) is 114 Å². The molecule has 19 rings (SSSR count). The second-order valence-corrected chi connectivity index (χ2v) is 38.6. The number of nitrogens with one attached hydrogen (secondary N) is 4. The molecule has 140 heavy (non-hydrogen) atoms. The maximum atomic E-state index is 11.4. The van der Waals surface area contributed by atoms with Crippen molar-refractivity contribution in [2.45, 2.75) is 88.6 Å². The number of benzene rings is 6. The van der Waals surface area contributed by atoms with Crippen LogP contribution in [0.4, 0.5) is 28.6 Å². The first-order valence-electron chi connectivity index (χ1n) is 43.3. The number of thiol groups is 1. The first-order valence-corrected chi connectivity index (χ1v) is 50.8. The zero-order valence-corrected chi connectivity index (χ0v) is 101. The predicted molar refractivity (Wildman–Crippen MR) is 551 cm³/mol. The summed E-state index contributed by atoms with van der Waals surface area (Å²) in [5.74, 6) is 0. The summed E-state index contributed by atoms with van der Waals surface area (Å²) in [6, 6.07) is 44.4. The number of nitrogens with zero attached hydrogens (tertiary/aromatic N) is 11. The Bertz CT molecular complexity index is 6230. The van der Waals surface area contributed by atoms with Crippen LogP contribution in [0, 0.1) is 22.7 Å². The number of piperidine rings is 4. The number of fused-ring (bicyclic) bond motifs is 4. The van der Waals surface area contributed by atoms with Gasteiger partial charge >= 0.3 is 192 Å². The SMILES string of the molecule is C1CCOC1.CS(=O)(=O)Cl.CS(=O)(=O)OC1CCN(c2nccs2)CC1.Clc1nccs1.N#Cc1cccc(-c2c[nH]c3cc(C=O)ccc23)c1.N#Cc1cccc(-c2cn(C3CCN(c4nccs4)CC3)c3cc(C=O)ccc23)c1.O=CO[O-].O=Cc1ccc2c(Br)c[nH]c2c1.O=Cc1ccc2cc[nH]c2c1.OC1CCN(c2nccs2)CC1.OC1CCNCC1.[2H]CF.[2H]CF.[2H]CF.[B].[B]=NS.[Cs+].[Cs+].[H-].[H-].[Na+]. The summed E-state index contributed by atoms with van der Waals surface area (Å²) in [6.45, 7) is 9.20. The number of ether oxygens (including phenoxy) is 1. The Morgan fingerprint density at radius 3 is 1.41 bits per heavy atom. The number of carbonyl (C=O) groups is 5. The standard InChI is InChI=1S/C24H20N4OS.C16H10N2O.C9H6BrNO.C9H14N2O3S2.C9H7NO.C8H12N2OS.C5H11NO.C4H8O.C3H2ClNS.CH3ClO2S.3CH3F.CH2O3.BHNS.B.2Cs.Na.2H/c25-14-17-2-1-3-19(12-17)22-15-28(23-13-18(16-29)4-5-21(22)23)20-6-9-27(10-7-20)24-26-8-11-30-24;17-8-11-2-1-3-13(6-11)15-9-18-16-7-12(10-19)4-5-14(15)16;10-8-4-11-9-3-6(5-12)1-2-7(8)9;1-16(12,13)14-8-2-5-11(6-3-8)9-10-4-7-15-9;11-6-7-1-2-8-3-4-10-9(8)5-7;11-7-1-4-10(5-2-7)8-9-3-6-12-8;7-5-1-3-6-4-2-5;1-2-4-5-3-1;4-3-5-1-2-6-3;1-5(2,3)4;3*1-2;2-1-4-3;1-2-3;;;;;;/h1-5,8,11-13,15-16,20H,6-7,9-10H2;1-7,9-10,18H;1-5,11H;4,7-8H,2-3,5-6H2,1H3;1-6,10H;3,6-7,11H,1-2,4-5H2;5-7H,1-4H2;1-4H2;1-2H;1H3;3*1H3;1,3H;3H;;;;;;/q;;;;;;;;;;;;;;;;3*+1;2*-1/p-1/i;;;;;;;;;;3*1D;;;;;;;;. The zero-order valence-electron chi connectivity index (χ0n) is 82.5. The van der Waals surface area contributed by atoms with Gasteiger partial charge in [-0.2, -0.15) is 18.9 Å². The van der Waals surface area contributed by atoms with E-state index < -0.39 is 40.6 Å². The quantitative estimate of drug-likeness (QED) is 0.0107. The van der Waals surface area contributed by atoms with E-state index >= 15 is 0 Å². The molecule has 0 atom stereocenters. The van der Waals surface area contributed by atoms with Gasteiger partial charge in [-0.3, -0.25) is 41.3 Å². The Kier molecular flexibility index (Phi) is 68.8. The smallest absolute Gasteiger partial charge is 1.00 e. The first-order chi connectivity index (χ1) is 67.0. The van der Waals surface area contributed by atoms with Crippen LogP contribution in [0.5, 0.6) is 0 Å². The minimum Gasteiger partial charge on any atom is -1.00 e. The molecule has 48 heteroatoms. The number of alkyl halides is 3. The molecule has 5 aliphatic rings. The van der Waals surface area contributed by atoms with Crippen LogP contribution in [-0.2, 0) is 37.8 Å². The fourth-order valence-corrected chi connectivity index (χ4v) is 17.4. The topological polar surface area (TPSA) is 430 Å². The van der Waals surface area contributed by atoms with E-state index in [4.69, 9.17) is 45.1 Å². The van der Waals surface area contributed by atoms with E-state index in [9.17, 15) is 59.6 Å². The number of hydrogen-bond acceptors (Lipinski definition) is 31. The molecule has 732 valence electrons. The van der Waals surface area contributed by atoms with Gasteiger partial charge in [-0.25, -0.2) is 28.4 Å². The van der Waals surface area contributed by atoms with E-state index in [0.29, 0.717) is 43.9 Å². The van der Waals surface area contributed by atoms with Gasteiger partial charge in [0.25, 0.3) is 16.6 Å². The molecule has 0 spiro atoms. The molecule has 30 nitrogen and oxygen atoms in total. The minimum absolute atomic E-state index is 0. The van der Waals surface area contributed by atoms with Gasteiger partial charge in [0.15, 0.2) is 19.9 Å². The van der Waals surface area contributed by atoms with Gasteiger partial charge in [0, 0.05) is 225 Å². The van der Waals surface area contributed by atoms with Gasteiger partial charge < -0.3 is 67.5 Å². The molecule has 5 aliphatic heterocycles. The minimum atomic E-state index is -3.33. The number of nitriles is 2. The second-order valence-electron chi connectivity index (χ2n) is 28.8. The van der Waals surface area contributed by atoms with Crippen molar-refractivity contribution in [2.24, 2.45) is 4.30 Å². The summed E-state index contributed by atoms with van der Waals surface area (Å²) in [5.41, 5.74) is 12.1. The monoisotopic (exact) mass is 2400 g/mol. The molecule has 0 aliphatic carbocycles. The Morgan fingerprint density at radius 2 is 1.01 bits per heavy atom. The van der Waals surface area contributed by atoms with Crippen molar-refractivity contribution in [1.82, 2.24) is 44.8 Å². The van der Waals surface area contributed by atoms with Crippen LogP contribution < -0.4 is 193 Å². The molecule has 14 aromatic rings. The fourth-order valence-electron chi connectivity index (χ4n) is 13.6. The fraction of sp³-hybridized carbons (Fsp3) is 0.315. The molecule has 6 N–H and O–H groups in total. The summed E-state index contributed by atoms with van der Waals surface area (Å²) in [5, 5.41) is 63.3. The van der Waals surface area contributed by atoms with Crippen LogP contribution in [0.2, 0.25) is 4.47 Å². The third kappa shape index (κ3) is 49.3. The summed E-state index contributed by atoms with van der Waals surface area (Å²) >= 11 is 18.3. The number of rotatable bonds is 13. The number of aliphatic hydroxyl groups is 2. The Labute approximate surface area is 1000 Å². The number of thiazole rings is 4. The average molecular weight is 2410 g/mol. The molecular weight excluding hydrogens is 2300 g/mol. The third-order valence-electron chi connectivity index (χ3n) is 19.7. The summed E-state index contributed by atoms with van der Waals surface area (Å²) < 4.78 is 104. The molecule has 8 aromatic heterocycles. The average Bonchev–Trinajstić information content (AvgIpc) is 1.61. The van der Waals surface area contributed by atoms with Gasteiger partial charge in [-0.05, 0) is 164 Å². The van der Waals surface area contributed by atoms with Crippen molar-refractivity contribution in [3.8, 4) is 34.4 Å². The van der Waals surface area contributed by atoms with Gasteiger partial charge in [0.2, 0.25) is 9.05 Å².